The van der Waals surface area contributed by atoms with E-state index in [0.717, 1.165) is 6.07 Å². The summed E-state index contributed by atoms with van der Waals surface area (Å²) in [4.78, 5) is 37.2. The Morgan fingerprint density at radius 1 is 0.903 bits per heavy atom. The van der Waals surface area contributed by atoms with Gasteiger partial charge in [0.2, 0.25) is 0 Å². The van der Waals surface area contributed by atoms with E-state index in [1.54, 1.807) is 18.2 Å². The minimum absolute atomic E-state index is 0.0209. The number of carbonyl (C=O) groups excluding carboxylic acids is 1. The number of hydrogen-bond acceptors (Lipinski definition) is 8. The molecule has 3 rings (SSSR count). The van der Waals surface area contributed by atoms with Crippen LogP contribution in [0.4, 0.5) is 17.1 Å². The number of non-ortho nitro benzene ring substituents is 2. The van der Waals surface area contributed by atoms with Crippen LogP contribution in [0.1, 0.15) is 15.9 Å². The number of benzene rings is 3. The molecule has 31 heavy (non-hydrogen) atoms. The molecule has 0 unspecified atom stereocenters. The summed E-state index contributed by atoms with van der Waals surface area (Å²) >= 11 is 0. The highest BCUT2D eigenvalue weighted by molar-refractivity contribution is 5.92. The second-order valence-corrected chi connectivity index (χ2v) is 6.14. The number of rotatable bonds is 7. The van der Waals surface area contributed by atoms with E-state index in [4.69, 9.17) is 9.47 Å². The van der Waals surface area contributed by atoms with Crippen molar-refractivity contribution in [2.24, 2.45) is 4.99 Å². The molecule has 3 aromatic rings. The summed E-state index contributed by atoms with van der Waals surface area (Å²) in [5, 5.41) is 21.7. The number of aliphatic imine (C=N–C) groups is 1. The van der Waals surface area contributed by atoms with Crippen molar-refractivity contribution < 1.29 is 24.1 Å². The first-order valence-electron chi connectivity index (χ1n) is 8.80. The Hall–Kier alpha value is -4.60. The Bertz CT molecular complexity index is 1190. The summed E-state index contributed by atoms with van der Waals surface area (Å²) < 4.78 is 10.6. The molecule has 0 spiro atoms. The van der Waals surface area contributed by atoms with Gasteiger partial charge < -0.3 is 9.47 Å². The van der Waals surface area contributed by atoms with Crippen LogP contribution in [0.15, 0.2) is 71.7 Å². The average molecular weight is 421 g/mol. The maximum Gasteiger partial charge on any atom is 0.343 e. The third-order valence-electron chi connectivity index (χ3n) is 4.09. The van der Waals surface area contributed by atoms with Gasteiger partial charge in [0.1, 0.15) is 0 Å². The van der Waals surface area contributed by atoms with Crippen LogP contribution in [-0.4, -0.2) is 29.1 Å². The molecule has 0 aliphatic carbocycles. The first-order chi connectivity index (χ1) is 14.9. The van der Waals surface area contributed by atoms with E-state index in [2.05, 4.69) is 4.99 Å². The molecule has 0 saturated carbocycles. The molecule has 10 nitrogen and oxygen atoms in total. The van der Waals surface area contributed by atoms with Crippen molar-refractivity contribution in [3.05, 3.63) is 98.1 Å². The smallest absolute Gasteiger partial charge is 0.343 e. The largest absolute Gasteiger partial charge is 0.493 e. The molecule has 0 fully saturated rings. The van der Waals surface area contributed by atoms with Crippen LogP contribution in [0.3, 0.4) is 0 Å². The van der Waals surface area contributed by atoms with E-state index < -0.39 is 15.8 Å². The van der Waals surface area contributed by atoms with Crippen LogP contribution in [0.5, 0.6) is 11.5 Å². The van der Waals surface area contributed by atoms with Gasteiger partial charge in [-0.25, -0.2) is 4.79 Å². The van der Waals surface area contributed by atoms with Crippen molar-refractivity contribution in [3.63, 3.8) is 0 Å². The summed E-state index contributed by atoms with van der Waals surface area (Å²) in [6.45, 7) is 0. The van der Waals surface area contributed by atoms with Gasteiger partial charge in [0.15, 0.2) is 11.5 Å². The van der Waals surface area contributed by atoms with E-state index in [9.17, 15) is 25.0 Å². The zero-order valence-electron chi connectivity index (χ0n) is 16.1. The number of hydrogen-bond donors (Lipinski definition) is 0. The highest BCUT2D eigenvalue weighted by Crippen LogP contribution is 2.29. The van der Waals surface area contributed by atoms with Gasteiger partial charge in [0.25, 0.3) is 11.4 Å². The monoisotopic (exact) mass is 421 g/mol. The lowest BCUT2D eigenvalue weighted by molar-refractivity contribution is -0.385. The molecule has 0 heterocycles. The van der Waals surface area contributed by atoms with Crippen LogP contribution in [0.25, 0.3) is 0 Å². The van der Waals surface area contributed by atoms with E-state index in [0.29, 0.717) is 11.3 Å². The highest BCUT2D eigenvalue weighted by atomic mass is 16.6. The number of nitrogens with zero attached hydrogens (tertiary/aromatic N) is 3. The topological polar surface area (TPSA) is 134 Å². The van der Waals surface area contributed by atoms with Gasteiger partial charge in [0, 0.05) is 30.5 Å². The van der Waals surface area contributed by atoms with Gasteiger partial charge in [0.05, 0.1) is 28.2 Å². The normalized spacial score (nSPS) is 10.6. The Morgan fingerprint density at radius 3 is 2.26 bits per heavy atom. The van der Waals surface area contributed by atoms with Crippen LogP contribution >= 0.6 is 0 Å². The predicted molar refractivity (Wildman–Crippen MR) is 111 cm³/mol. The molecule has 0 aromatic heterocycles. The van der Waals surface area contributed by atoms with E-state index in [1.165, 1.54) is 55.8 Å². The first kappa shape index (κ1) is 21.1. The van der Waals surface area contributed by atoms with Crippen LogP contribution in [0, 0.1) is 20.2 Å². The molecular weight excluding hydrogens is 406 g/mol. The van der Waals surface area contributed by atoms with Crippen LogP contribution in [-0.2, 0) is 0 Å². The molecule has 0 aliphatic heterocycles. The van der Waals surface area contributed by atoms with Crippen molar-refractivity contribution in [3.8, 4) is 11.5 Å². The van der Waals surface area contributed by atoms with E-state index in [-0.39, 0.29) is 28.4 Å². The molecule has 0 aliphatic rings. The summed E-state index contributed by atoms with van der Waals surface area (Å²) in [6, 6.07) is 15.7. The lowest BCUT2D eigenvalue weighted by Gasteiger charge is -2.10. The minimum Gasteiger partial charge on any atom is -0.493 e. The van der Waals surface area contributed by atoms with Crippen molar-refractivity contribution >= 4 is 29.2 Å². The fourth-order valence-electron chi connectivity index (χ4n) is 2.59. The SMILES string of the molecule is COc1cc(C=Nc2cccc([N+](=O)[O-])c2)ccc1OC(=O)c1cccc([N+](=O)[O-])c1. The molecule has 10 heteroatoms. The molecule has 0 saturated heterocycles. The molecule has 0 N–H and O–H groups in total. The van der Waals surface area contributed by atoms with Crippen LogP contribution in [0.2, 0.25) is 0 Å². The Labute approximate surface area is 175 Å². The highest BCUT2D eigenvalue weighted by Gasteiger charge is 2.16. The summed E-state index contributed by atoms with van der Waals surface area (Å²) in [5.74, 6) is -0.423. The zero-order chi connectivity index (χ0) is 22.4. The van der Waals surface area contributed by atoms with Gasteiger partial charge >= 0.3 is 5.97 Å². The number of esters is 1. The fraction of sp³-hybridized carbons (Fsp3) is 0.0476. The van der Waals surface area contributed by atoms with Gasteiger partial charge in [-0.1, -0.05) is 12.1 Å². The Kier molecular flexibility index (Phi) is 6.31. The first-order valence-corrected chi connectivity index (χ1v) is 8.80. The average Bonchev–Trinajstić information content (AvgIpc) is 2.78. The van der Waals surface area contributed by atoms with Crippen molar-refractivity contribution in [1.29, 1.82) is 0 Å². The molecule has 3 aromatic carbocycles. The molecule has 0 radical (unpaired) electrons. The van der Waals surface area contributed by atoms with E-state index >= 15 is 0 Å². The number of ether oxygens (including phenoxy) is 2. The third-order valence-corrected chi connectivity index (χ3v) is 4.09. The van der Waals surface area contributed by atoms with Crippen molar-refractivity contribution in [2.45, 2.75) is 0 Å². The molecule has 156 valence electrons. The molecule has 0 amide bonds. The van der Waals surface area contributed by atoms with Gasteiger partial charge in [-0.15, -0.1) is 0 Å². The lowest BCUT2D eigenvalue weighted by Crippen LogP contribution is -2.09. The maximum atomic E-state index is 12.4. The standard InChI is InChI=1S/C21H15N3O7/c1-30-20-10-14(13-22-16-5-3-7-18(12-16)24(28)29)8-9-19(20)31-21(25)15-4-2-6-17(11-15)23(26)27/h2-13H,1H3. The number of nitro groups is 2. The maximum absolute atomic E-state index is 12.4. The fourth-order valence-corrected chi connectivity index (χ4v) is 2.59. The summed E-state index contributed by atoms with van der Waals surface area (Å²) in [5.41, 5.74) is 0.713. The zero-order valence-corrected chi connectivity index (χ0v) is 16.1. The van der Waals surface area contributed by atoms with Crippen molar-refractivity contribution in [2.75, 3.05) is 7.11 Å². The summed E-state index contributed by atoms with van der Waals surface area (Å²) in [6.07, 6.45) is 1.48. The molecule has 0 atom stereocenters. The molecule has 0 bridgehead atoms. The van der Waals surface area contributed by atoms with E-state index in [1.807, 2.05) is 0 Å². The Morgan fingerprint density at radius 2 is 1.58 bits per heavy atom. The van der Waals surface area contributed by atoms with Gasteiger partial charge in [-0.2, -0.15) is 0 Å². The van der Waals surface area contributed by atoms with Crippen LogP contribution < -0.4 is 9.47 Å². The molecular formula is C21H15N3O7. The van der Waals surface area contributed by atoms with Gasteiger partial charge in [-0.3, -0.25) is 25.2 Å². The van der Waals surface area contributed by atoms with Gasteiger partial charge in [-0.05, 0) is 35.9 Å². The lowest BCUT2D eigenvalue weighted by atomic mass is 10.2. The summed E-state index contributed by atoms with van der Waals surface area (Å²) in [7, 11) is 1.39. The quantitative estimate of drug-likeness (QED) is 0.180. The number of methoxy groups -OCH3 is 1. The Balaban J connectivity index is 1.79. The second-order valence-electron chi connectivity index (χ2n) is 6.14. The third kappa shape index (κ3) is 5.26. The predicted octanol–water partition coefficient (Wildman–Crippen LogP) is 4.48. The second kappa shape index (κ2) is 9.27. The number of carbonyl (C=O) groups is 1. The number of nitro benzene ring substituents is 2. The minimum atomic E-state index is -0.778. The van der Waals surface area contributed by atoms with Crippen molar-refractivity contribution in [1.82, 2.24) is 0 Å².